The third-order valence-electron chi connectivity index (χ3n) is 2.54. The van der Waals surface area contributed by atoms with Gasteiger partial charge in [0.15, 0.2) is 0 Å². The number of hydrogen-bond donors (Lipinski definition) is 3. The van der Waals surface area contributed by atoms with Gasteiger partial charge in [-0.2, -0.15) is 0 Å². The summed E-state index contributed by atoms with van der Waals surface area (Å²) in [4.78, 5) is 22.4. The lowest BCUT2D eigenvalue weighted by Gasteiger charge is -2.09. The molecule has 0 fully saturated rings. The molecule has 104 valence electrons. The first-order valence-electron chi connectivity index (χ1n) is 6.07. The minimum Gasteiger partial charge on any atom is -0.507 e. The summed E-state index contributed by atoms with van der Waals surface area (Å²) < 4.78 is 4.90. The molecule has 0 aliphatic rings. The second kappa shape index (κ2) is 7.25. The molecule has 4 N–H and O–H groups in total. The Morgan fingerprint density at radius 3 is 2.79 bits per heavy atom. The molecule has 1 aromatic rings. The number of aromatic hydroxyl groups is 1. The smallest absolute Gasteiger partial charge is 0.407 e. The minimum absolute atomic E-state index is 0.0265. The highest BCUT2D eigenvalue weighted by Crippen LogP contribution is 2.21. The fraction of sp³-hybridized carbons (Fsp3) is 0.385. The average molecular weight is 266 g/mol. The summed E-state index contributed by atoms with van der Waals surface area (Å²) in [6.45, 7) is 2.42. The Bertz CT molecular complexity index is 460. The number of nitrogens with one attached hydrogen (secondary N) is 1. The molecule has 0 saturated heterocycles. The van der Waals surface area contributed by atoms with E-state index in [0.717, 1.165) is 12.8 Å². The van der Waals surface area contributed by atoms with Gasteiger partial charge in [0.25, 0.3) is 5.91 Å². The maximum atomic E-state index is 11.3. The van der Waals surface area contributed by atoms with Crippen molar-refractivity contribution in [3.63, 3.8) is 0 Å². The number of alkyl carbamates (subject to hydrolysis) is 1. The lowest BCUT2D eigenvalue weighted by atomic mass is 10.1. The quantitative estimate of drug-likeness (QED) is 0.679. The van der Waals surface area contributed by atoms with Gasteiger partial charge in [0.2, 0.25) is 0 Å². The lowest BCUT2D eigenvalue weighted by molar-refractivity contribution is 0.0997. The second-order valence-corrected chi connectivity index (χ2v) is 4.02. The van der Waals surface area contributed by atoms with Crippen LogP contribution in [0, 0.1) is 0 Å². The summed E-state index contributed by atoms with van der Waals surface area (Å²) in [5.74, 6) is -0.936. The van der Waals surface area contributed by atoms with Gasteiger partial charge in [0, 0.05) is 12.1 Å². The maximum Gasteiger partial charge on any atom is 0.407 e. The van der Waals surface area contributed by atoms with Crippen molar-refractivity contribution in [2.45, 2.75) is 26.3 Å². The molecule has 0 radical (unpaired) electrons. The van der Waals surface area contributed by atoms with Gasteiger partial charge in [-0.25, -0.2) is 4.79 Å². The molecule has 0 aromatic heterocycles. The zero-order valence-electron chi connectivity index (χ0n) is 10.8. The maximum absolute atomic E-state index is 11.3. The Kier molecular flexibility index (Phi) is 5.66. The molecule has 6 nitrogen and oxygen atoms in total. The number of amides is 2. The van der Waals surface area contributed by atoms with Crippen molar-refractivity contribution in [3.05, 3.63) is 29.3 Å². The van der Waals surface area contributed by atoms with Crippen molar-refractivity contribution < 1.29 is 19.4 Å². The monoisotopic (exact) mass is 266 g/mol. The molecule has 0 unspecified atom stereocenters. The van der Waals surface area contributed by atoms with E-state index in [-0.39, 0.29) is 17.9 Å². The third kappa shape index (κ3) is 4.50. The van der Waals surface area contributed by atoms with Crippen LogP contribution in [0.1, 0.15) is 35.7 Å². The topological polar surface area (TPSA) is 102 Å². The second-order valence-electron chi connectivity index (χ2n) is 4.02. The van der Waals surface area contributed by atoms with E-state index in [2.05, 4.69) is 5.32 Å². The van der Waals surface area contributed by atoms with E-state index in [1.807, 2.05) is 6.92 Å². The number of carbonyl (C=O) groups excluding carboxylic acids is 2. The van der Waals surface area contributed by atoms with Crippen LogP contribution in [0.2, 0.25) is 0 Å². The van der Waals surface area contributed by atoms with Crippen LogP contribution in [-0.2, 0) is 11.3 Å². The van der Waals surface area contributed by atoms with Gasteiger partial charge in [0.1, 0.15) is 5.75 Å². The van der Waals surface area contributed by atoms with Crippen LogP contribution in [-0.4, -0.2) is 23.7 Å². The number of carbonyl (C=O) groups is 2. The molecule has 2 amide bonds. The fourth-order valence-corrected chi connectivity index (χ4v) is 1.46. The Morgan fingerprint density at radius 1 is 1.42 bits per heavy atom. The van der Waals surface area contributed by atoms with Crippen molar-refractivity contribution in [2.75, 3.05) is 6.61 Å². The molecular weight excluding hydrogens is 248 g/mol. The van der Waals surface area contributed by atoms with E-state index in [4.69, 9.17) is 10.5 Å². The van der Waals surface area contributed by atoms with Gasteiger partial charge in [-0.1, -0.05) is 25.5 Å². The molecule has 0 aliphatic heterocycles. The van der Waals surface area contributed by atoms with Crippen molar-refractivity contribution >= 4 is 12.0 Å². The van der Waals surface area contributed by atoms with Crippen molar-refractivity contribution in [3.8, 4) is 5.75 Å². The van der Waals surface area contributed by atoms with Gasteiger partial charge >= 0.3 is 6.09 Å². The van der Waals surface area contributed by atoms with Crippen LogP contribution in [0.3, 0.4) is 0 Å². The van der Waals surface area contributed by atoms with E-state index >= 15 is 0 Å². The van der Waals surface area contributed by atoms with Gasteiger partial charge in [0.05, 0.1) is 12.2 Å². The van der Waals surface area contributed by atoms with E-state index in [0.29, 0.717) is 12.2 Å². The summed E-state index contributed by atoms with van der Waals surface area (Å²) in [7, 11) is 0. The van der Waals surface area contributed by atoms with E-state index in [1.54, 1.807) is 12.1 Å². The first kappa shape index (κ1) is 14.8. The van der Waals surface area contributed by atoms with E-state index in [9.17, 15) is 14.7 Å². The van der Waals surface area contributed by atoms with Crippen molar-refractivity contribution in [1.82, 2.24) is 5.32 Å². The van der Waals surface area contributed by atoms with Crippen LogP contribution in [0.4, 0.5) is 4.79 Å². The Hall–Kier alpha value is -2.24. The highest BCUT2D eigenvalue weighted by molar-refractivity contribution is 5.95. The number of ether oxygens (including phenoxy) is 1. The number of nitrogens with two attached hydrogens (primary N) is 1. The molecule has 19 heavy (non-hydrogen) atoms. The van der Waals surface area contributed by atoms with Gasteiger partial charge in [-0.3, -0.25) is 4.79 Å². The Morgan fingerprint density at radius 2 is 2.16 bits per heavy atom. The molecule has 1 rings (SSSR count). The standard InChI is InChI=1S/C13H18N2O4/c1-2-3-7-19-13(18)15-8-9-5-4-6-10(11(9)16)12(14)17/h4-6,16H,2-3,7-8H2,1H3,(H2,14,17)(H,15,18). The van der Waals surface area contributed by atoms with Gasteiger partial charge in [-0.05, 0) is 12.5 Å². The SMILES string of the molecule is CCCCOC(=O)NCc1cccc(C(N)=O)c1O. The van der Waals surface area contributed by atoms with Crippen molar-refractivity contribution in [1.29, 1.82) is 0 Å². The fourth-order valence-electron chi connectivity index (χ4n) is 1.46. The number of para-hydroxylation sites is 1. The molecule has 0 aliphatic carbocycles. The molecular formula is C13H18N2O4. The zero-order chi connectivity index (χ0) is 14.3. The van der Waals surface area contributed by atoms with Crippen LogP contribution < -0.4 is 11.1 Å². The van der Waals surface area contributed by atoms with Crippen LogP contribution in [0.25, 0.3) is 0 Å². The molecule has 0 heterocycles. The molecule has 0 spiro atoms. The number of rotatable bonds is 6. The number of phenols is 1. The molecule has 0 bridgehead atoms. The molecule has 0 atom stereocenters. The zero-order valence-corrected chi connectivity index (χ0v) is 10.8. The molecule has 0 saturated carbocycles. The molecule has 6 heteroatoms. The summed E-state index contributed by atoms with van der Waals surface area (Å²) in [6, 6.07) is 4.59. The van der Waals surface area contributed by atoms with Crippen LogP contribution >= 0.6 is 0 Å². The van der Waals surface area contributed by atoms with Gasteiger partial charge < -0.3 is 20.9 Å². The average Bonchev–Trinajstić information content (AvgIpc) is 2.37. The predicted octanol–water partition coefficient (Wildman–Crippen LogP) is 1.52. The Balaban J connectivity index is 2.56. The predicted molar refractivity (Wildman–Crippen MR) is 69.7 cm³/mol. The number of benzene rings is 1. The van der Waals surface area contributed by atoms with Crippen LogP contribution in [0.5, 0.6) is 5.75 Å². The minimum atomic E-state index is -0.718. The lowest BCUT2D eigenvalue weighted by Crippen LogP contribution is -2.24. The summed E-state index contributed by atoms with van der Waals surface area (Å²) in [5, 5.41) is 12.3. The van der Waals surface area contributed by atoms with E-state index < -0.39 is 12.0 Å². The highest BCUT2D eigenvalue weighted by Gasteiger charge is 2.12. The van der Waals surface area contributed by atoms with Gasteiger partial charge in [-0.15, -0.1) is 0 Å². The summed E-state index contributed by atoms with van der Waals surface area (Å²) >= 11 is 0. The number of hydrogen-bond acceptors (Lipinski definition) is 4. The highest BCUT2D eigenvalue weighted by atomic mass is 16.5. The largest absolute Gasteiger partial charge is 0.507 e. The molecule has 1 aromatic carbocycles. The Labute approximate surface area is 111 Å². The summed E-state index contributed by atoms with van der Waals surface area (Å²) in [5.41, 5.74) is 5.54. The first-order valence-corrected chi connectivity index (χ1v) is 6.07. The van der Waals surface area contributed by atoms with Crippen molar-refractivity contribution in [2.24, 2.45) is 5.73 Å². The van der Waals surface area contributed by atoms with Crippen LogP contribution in [0.15, 0.2) is 18.2 Å². The number of primary amides is 1. The number of unbranched alkanes of at least 4 members (excludes halogenated alkanes) is 1. The summed E-state index contributed by atoms with van der Waals surface area (Å²) in [6.07, 6.45) is 1.18. The normalized spacial score (nSPS) is 9.95. The van der Waals surface area contributed by atoms with E-state index in [1.165, 1.54) is 6.07 Å². The first-order chi connectivity index (χ1) is 9.06. The third-order valence-corrected chi connectivity index (χ3v) is 2.54.